The Morgan fingerprint density at radius 2 is 1.61 bits per heavy atom. The van der Waals surface area contributed by atoms with Crippen molar-refractivity contribution in [1.29, 1.82) is 5.53 Å². The third kappa shape index (κ3) is 4.63. The molecular formula is C10H7N6O2-. The number of nitrogens with zero attached hydrogens (tertiary/aromatic N) is 5. The molecule has 0 radical (unpaired) electrons. The predicted molar refractivity (Wildman–Crippen MR) is 64.0 cm³/mol. The van der Waals surface area contributed by atoms with Crippen molar-refractivity contribution in [2.24, 2.45) is 0 Å². The van der Waals surface area contributed by atoms with E-state index in [2.05, 4.69) is 0 Å². The second-order valence-electron chi connectivity index (χ2n) is 2.83. The zero-order chi connectivity index (χ0) is 14.0. The first-order chi connectivity index (χ1) is 8.60. The number of hydrogen-bond acceptors (Lipinski definition) is 3. The van der Waals surface area contributed by atoms with Gasteiger partial charge in [0.2, 0.25) is 0 Å². The Labute approximate surface area is 101 Å². The van der Waals surface area contributed by atoms with Gasteiger partial charge in [-0.2, -0.15) is 0 Å². The maximum Gasteiger partial charge on any atom is 0.186 e. The fourth-order valence-corrected chi connectivity index (χ4v) is 1.22. The lowest BCUT2D eigenvalue weighted by Crippen LogP contribution is -2.09. The first kappa shape index (κ1) is 14.9. The molecule has 0 saturated carbocycles. The van der Waals surface area contributed by atoms with E-state index in [1.807, 2.05) is 6.08 Å². The smallest absolute Gasteiger partial charge is 0.186 e. The standard InChI is InChI=1S/C10H6O2.HN3.N3/c11-8-5-4-7-2-1-3-10(12)9(7)6-8;2*1-3-2/h1-6H;1H;/q;;-1. The van der Waals surface area contributed by atoms with E-state index >= 15 is 0 Å². The first-order valence-corrected chi connectivity index (χ1v) is 4.46. The van der Waals surface area contributed by atoms with Crippen LogP contribution >= 0.6 is 0 Å². The van der Waals surface area contributed by atoms with Crippen LogP contribution in [0.3, 0.4) is 0 Å². The van der Waals surface area contributed by atoms with E-state index in [4.69, 9.17) is 22.1 Å². The molecule has 90 valence electrons. The summed E-state index contributed by atoms with van der Waals surface area (Å²) in [5.41, 5.74) is 27.1. The van der Waals surface area contributed by atoms with Gasteiger partial charge in [-0.1, -0.05) is 18.2 Å². The van der Waals surface area contributed by atoms with Gasteiger partial charge < -0.3 is 11.1 Å². The number of hydrogen-bond donors (Lipinski definition) is 1. The van der Waals surface area contributed by atoms with E-state index in [-0.39, 0.29) is 11.6 Å². The molecule has 0 aromatic carbocycles. The Hall–Kier alpha value is -3.08. The minimum atomic E-state index is -0.120. The molecular weight excluding hydrogens is 236 g/mol. The topological polar surface area (TPSA) is 153 Å². The Morgan fingerprint density at radius 3 is 2.17 bits per heavy atom. The lowest BCUT2D eigenvalue weighted by molar-refractivity contribution is -0.113. The van der Waals surface area contributed by atoms with Crippen LogP contribution in [0.5, 0.6) is 0 Å². The van der Waals surface area contributed by atoms with Gasteiger partial charge in [-0.15, -0.1) is 5.53 Å². The highest BCUT2D eigenvalue weighted by Crippen LogP contribution is 2.20. The number of rotatable bonds is 0. The Kier molecular flexibility index (Phi) is 6.73. The van der Waals surface area contributed by atoms with Gasteiger partial charge >= 0.3 is 0 Å². The molecule has 0 aromatic heterocycles. The van der Waals surface area contributed by atoms with Crippen molar-refractivity contribution < 1.29 is 9.59 Å². The first-order valence-electron chi connectivity index (χ1n) is 4.46. The van der Waals surface area contributed by atoms with Crippen molar-refractivity contribution in [3.63, 3.8) is 0 Å². The fraction of sp³-hybridized carbons (Fsp3) is 0. The third-order valence-electron chi connectivity index (χ3n) is 1.81. The van der Waals surface area contributed by atoms with Crippen LogP contribution in [0, 0.1) is 5.53 Å². The van der Waals surface area contributed by atoms with Gasteiger partial charge in [-0.3, -0.25) is 14.5 Å². The summed E-state index contributed by atoms with van der Waals surface area (Å²) in [5.74, 6) is -0.212. The third-order valence-corrected chi connectivity index (χ3v) is 1.81. The number of carbonyl (C=O) groups excluding carboxylic acids is 2. The van der Waals surface area contributed by atoms with Crippen LogP contribution < -0.4 is 0 Å². The summed E-state index contributed by atoms with van der Waals surface area (Å²) in [5, 5.41) is 0. The van der Waals surface area contributed by atoms with Crippen molar-refractivity contribution in [2.75, 3.05) is 0 Å². The zero-order valence-corrected chi connectivity index (χ0v) is 9.02. The molecule has 0 fully saturated rings. The van der Waals surface area contributed by atoms with Gasteiger partial charge in [0.25, 0.3) is 0 Å². The van der Waals surface area contributed by atoms with Crippen LogP contribution in [0.1, 0.15) is 0 Å². The van der Waals surface area contributed by atoms with E-state index in [0.29, 0.717) is 5.57 Å². The van der Waals surface area contributed by atoms with E-state index in [1.165, 1.54) is 23.1 Å². The van der Waals surface area contributed by atoms with Crippen LogP contribution in [-0.4, -0.2) is 11.6 Å². The summed E-state index contributed by atoms with van der Waals surface area (Å²) in [4.78, 5) is 25.3. The lowest BCUT2D eigenvalue weighted by atomic mass is 9.92. The summed E-state index contributed by atoms with van der Waals surface area (Å²) in [6.45, 7) is 0. The molecule has 18 heavy (non-hydrogen) atoms. The van der Waals surface area contributed by atoms with Gasteiger partial charge in [0.15, 0.2) is 11.6 Å². The van der Waals surface area contributed by atoms with Crippen molar-refractivity contribution in [2.45, 2.75) is 0 Å². The van der Waals surface area contributed by atoms with Crippen LogP contribution in [0.15, 0.2) is 47.6 Å². The largest absolute Gasteiger partial charge is 0.373 e. The Morgan fingerprint density at radius 1 is 1.06 bits per heavy atom. The van der Waals surface area contributed by atoms with E-state index in [1.54, 1.807) is 17.1 Å². The number of allylic oxidation sites excluding steroid dienone is 8. The zero-order valence-electron chi connectivity index (χ0n) is 9.02. The second-order valence-corrected chi connectivity index (χ2v) is 2.83. The normalized spacial score (nSPS) is 14.4. The molecule has 0 atom stereocenters. The molecule has 2 aliphatic carbocycles. The summed E-state index contributed by atoms with van der Waals surface area (Å²) in [6.07, 6.45) is 9.46. The van der Waals surface area contributed by atoms with E-state index in [0.717, 1.165) is 5.57 Å². The highest BCUT2D eigenvalue weighted by Gasteiger charge is 2.16. The molecule has 0 aliphatic heterocycles. The summed E-state index contributed by atoms with van der Waals surface area (Å²) in [6, 6.07) is 0. The molecule has 0 bridgehead atoms. The maximum absolute atomic E-state index is 11.2. The monoisotopic (exact) mass is 243 g/mol. The summed E-state index contributed by atoms with van der Waals surface area (Å²) >= 11 is 0. The van der Waals surface area contributed by atoms with Gasteiger partial charge in [-0.05, 0) is 34.2 Å². The summed E-state index contributed by atoms with van der Waals surface area (Å²) < 4.78 is 0. The molecule has 0 heterocycles. The van der Waals surface area contributed by atoms with Gasteiger partial charge in [-0.25, -0.2) is 0 Å². The van der Waals surface area contributed by atoms with Crippen molar-refractivity contribution in [3.8, 4) is 0 Å². The number of fused-ring (bicyclic) bond motifs is 1. The molecule has 2 rings (SSSR count). The van der Waals surface area contributed by atoms with Gasteiger partial charge in [0.05, 0.1) is 0 Å². The van der Waals surface area contributed by atoms with Crippen LogP contribution in [0.2, 0.25) is 0 Å². The average Bonchev–Trinajstić information content (AvgIpc) is 2.32. The molecule has 1 N–H and O–H groups in total. The molecule has 0 spiro atoms. The minimum absolute atomic E-state index is 0.0924. The number of ketones is 2. The SMILES string of the molecule is O=C1C=CC2=CC=CC(=O)C2=C1.[N-]=[N+]=N.[N-]=[N+]=[N-]. The second kappa shape index (κ2) is 8.12. The number of carbonyl (C=O) groups is 2. The molecule has 0 unspecified atom stereocenters. The summed E-state index contributed by atoms with van der Waals surface area (Å²) in [7, 11) is 0. The highest BCUT2D eigenvalue weighted by molar-refractivity contribution is 6.16. The van der Waals surface area contributed by atoms with Crippen LogP contribution in [0.25, 0.3) is 26.4 Å². The molecule has 0 saturated heterocycles. The Balaban J connectivity index is 0.000000414. The minimum Gasteiger partial charge on any atom is -0.373 e. The fourth-order valence-electron chi connectivity index (χ4n) is 1.22. The average molecular weight is 243 g/mol. The maximum atomic E-state index is 11.2. The van der Waals surface area contributed by atoms with E-state index in [9.17, 15) is 9.59 Å². The van der Waals surface area contributed by atoms with Gasteiger partial charge in [0, 0.05) is 5.57 Å². The molecule has 0 amide bonds. The van der Waals surface area contributed by atoms with Crippen molar-refractivity contribution >= 4 is 11.6 Å². The van der Waals surface area contributed by atoms with E-state index < -0.39 is 0 Å². The van der Waals surface area contributed by atoms with Crippen molar-refractivity contribution in [1.82, 2.24) is 0 Å². The number of nitrogens with one attached hydrogen (secondary N) is 1. The van der Waals surface area contributed by atoms with Crippen LogP contribution in [-0.2, 0) is 9.59 Å². The quantitative estimate of drug-likeness (QED) is 0.394. The molecule has 0 aromatic rings. The molecule has 2 aliphatic rings. The van der Waals surface area contributed by atoms with Gasteiger partial charge in [0.1, 0.15) is 0 Å². The van der Waals surface area contributed by atoms with Crippen LogP contribution in [0.4, 0.5) is 0 Å². The highest BCUT2D eigenvalue weighted by atomic mass is 16.1. The Bertz CT molecular complexity index is 529. The molecule has 8 nitrogen and oxygen atoms in total. The van der Waals surface area contributed by atoms with Crippen molar-refractivity contribution in [3.05, 3.63) is 74.0 Å². The molecule has 8 heteroatoms. The predicted octanol–water partition coefficient (Wildman–Crippen LogP) is 2.86. The lowest BCUT2D eigenvalue weighted by Gasteiger charge is -2.10.